The lowest BCUT2D eigenvalue weighted by Gasteiger charge is -2.17. The number of aromatic nitrogens is 2. The monoisotopic (exact) mass is 195 g/mol. The van der Waals surface area contributed by atoms with Crippen LogP contribution in [0, 0.1) is 5.41 Å². The van der Waals surface area contributed by atoms with Crippen molar-refractivity contribution in [3.05, 3.63) is 17.5 Å². The Hall–Kier alpha value is -1.32. The summed E-state index contributed by atoms with van der Waals surface area (Å²) < 4.78 is 6.63. The van der Waals surface area contributed by atoms with Crippen molar-refractivity contribution in [1.29, 1.82) is 5.41 Å². The van der Waals surface area contributed by atoms with Crippen molar-refractivity contribution >= 4 is 5.90 Å². The van der Waals surface area contributed by atoms with Crippen LogP contribution in [0.1, 0.15) is 32.0 Å². The molecule has 0 aliphatic carbocycles. The molecule has 78 valence electrons. The maximum absolute atomic E-state index is 7.64. The van der Waals surface area contributed by atoms with E-state index in [1.807, 2.05) is 13.2 Å². The van der Waals surface area contributed by atoms with Crippen LogP contribution in [0.4, 0.5) is 0 Å². The van der Waals surface area contributed by atoms with Crippen molar-refractivity contribution in [1.82, 2.24) is 9.78 Å². The highest BCUT2D eigenvalue weighted by Crippen LogP contribution is 2.24. The normalized spacial score (nSPS) is 11.5. The minimum Gasteiger partial charge on any atom is -0.481 e. The summed E-state index contributed by atoms with van der Waals surface area (Å²) in [6.07, 6.45) is 1.81. The number of aryl methyl sites for hydroxylation is 1. The molecule has 0 unspecified atom stereocenters. The van der Waals surface area contributed by atoms with E-state index in [-0.39, 0.29) is 11.3 Å². The average Bonchev–Trinajstić information content (AvgIpc) is 2.45. The zero-order valence-electron chi connectivity index (χ0n) is 9.38. The number of nitrogens with one attached hydrogen (secondary N) is 1. The third-order valence-electron chi connectivity index (χ3n) is 1.99. The molecule has 0 radical (unpaired) electrons. The van der Waals surface area contributed by atoms with E-state index in [0.717, 1.165) is 11.3 Å². The molecule has 14 heavy (non-hydrogen) atoms. The van der Waals surface area contributed by atoms with Crippen LogP contribution in [0.3, 0.4) is 0 Å². The first-order valence-electron chi connectivity index (χ1n) is 4.53. The molecule has 0 spiro atoms. The highest BCUT2D eigenvalue weighted by Gasteiger charge is 2.24. The highest BCUT2D eigenvalue weighted by molar-refractivity contribution is 5.92. The predicted molar refractivity (Wildman–Crippen MR) is 55.7 cm³/mol. The van der Waals surface area contributed by atoms with Crippen LogP contribution in [0.5, 0.6) is 0 Å². The summed E-state index contributed by atoms with van der Waals surface area (Å²) in [7, 11) is 3.35. The minimum atomic E-state index is -0.0680. The number of rotatable bonds is 1. The first kappa shape index (κ1) is 10.8. The SMILES string of the molecule is COC(=N)c1cn(C)nc1C(C)(C)C. The Morgan fingerprint density at radius 3 is 2.50 bits per heavy atom. The molecule has 1 aromatic rings. The Bertz CT molecular complexity index is 347. The number of ether oxygens (including phenoxy) is 1. The number of hydrogen-bond donors (Lipinski definition) is 1. The van der Waals surface area contributed by atoms with E-state index >= 15 is 0 Å². The predicted octanol–water partition coefficient (Wildman–Crippen LogP) is 1.69. The van der Waals surface area contributed by atoms with Gasteiger partial charge in [0.2, 0.25) is 5.90 Å². The Balaban J connectivity index is 3.23. The van der Waals surface area contributed by atoms with Crippen LogP contribution in [-0.4, -0.2) is 22.8 Å². The number of nitrogens with zero attached hydrogens (tertiary/aromatic N) is 2. The average molecular weight is 195 g/mol. The van der Waals surface area contributed by atoms with E-state index in [0.29, 0.717) is 0 Å². The third kappa shape index (κ3) is 1.95. The fourth-order valence-corrected chi connectivity index (χ4v) is 1.32. The van der Waals surface area contributed by atoms with Gasteiger partial charge in [0, 0.05) is 18.7 Å². The topological polar surface area (TPSA) is 50.9 Å². The van der Waals surface area contributed by atoms with Crippen LogP contribution in [-0.2, 0) is 17.2 Å². The molecule has 1 heterocycles. The molecule has 1 N–H and O–H groups in total. The molecule has 0 atom stereocenters. The van der Waals surface area contributed by atoms with Gasteiger partial charge in [-0.3, -0.25) is 10.1 Å². The maximum atomic E-state index is 7.64. The molecule has 0 saturated heterocycles. The van der Waals surface area contributed by atoms with Gasteiger partial charge in [-0.05, 0) is 0 Å². The van der Waals surface area contributed by atoms with E-state index in [4.69, 9.17) is 10.1 Å². The van der Waals surface area contributed by atoms with Gasteiger partial charge in [-0.1, -0.05) is 20.8 Å². The number of hydrogen-bond acceptors (Lipinski definition) is 3. The number of methoxy groups -OCH3 is 1. The van der Waals surface area contributed by atoms with Crippen molar-refractivity contribution in [3.63, 3.8) is 0 Å². The molecule has 0 amide bonds. The molecule has 4 heteroatoms. The van der Waals surface area contributed by atoms with Crippen LogP contribution in [0.15, 0.2) is 6.20 Å². The Labute approximate surface area is 84.4 Å². The van der Waals surface area contributed by atoms with Crippen LogP contribution < -0.4 is 0 Å². The summed E-state index contributed by atoms with van der Waals surface area (Å²) in [6, 6.07) is 0. The third-order valence-corrected chi connectivity index (χ3v) is 1.99. The maximum Gasteiger partial charge on any atom is 0.216 e. The molecule has 0 aliphatic rings. The second-order valence-electron chi connectivity index (χ2n) is 4.35. The van der Waals surface area contributed by atoms with Crippen molar-refractivity contribution in [2.75, 3.05) is 7.11 Å². The lowest BCUT2D eigenvalue weighted by atomic mass is 9.89. The first-order valence-corrected chi connectivity index (χ1v) is 4.53. The molecular formula is C10H17N3O. The summed E-state index contributed by atoms with van der Waals surface area (Å²) in [5.41, 5.74) is 1.59. The highest BCUT2D eigenvalue weighted by atomic mass is 16.5. The summed E-state index contributed by atoms with van der Waals surface area (Å²) in [5, 5.41) is 12.0. The van der Waals surface area contributed by atoms with Crippen molar-refractivity contribution in [3.8, 4) is 0 Å². The first-order chi connectivity index (χ1) is 6.36. The standard InChI is InChI=1S/C10H17N3O/c1-10(2,3)8-7(9(11)14-5)6-13(4)12-8/h6,11H,1-5H3. The van der Waals surface area contributed by atoms with Gasteiger partial charge in [0.25, 0.3) is 0 Å². The van der Waals surface area contributed by atoms with Crippen LogP contribution >= 0.6 is 0 Å². The van der Waals surface area contributed by atoms with Gasteiger partial charge < -0.3 is 4.74 Å². The molecule has 0 fully saturated rings. The molecule has 0 aliphatic heterocycles. The van der Waals surface area contributed by atoms with Crippen molar-refractivity contribution < 1.29 is 4.74 Å². The van der Waals surface area contributed by atoms with Crippen LogP contribution in [0.2, 0.25) is 0 Å². The van der Waals surface area contributed by atoms with E-state index < -0.39 is 0 Å². The smallest absolute Gasteiger partial charge is 0.216 e. The zero-order valence-corrected chi connectivity index (χ0v) is 9.38. The van der Waals surface area contributed by atoms with Crippen molar-refractivity contribution in [2.45, 2.75) is 26.2 Å². The molecule has 0 bridgehead atoms. The second-order valence-corrected chi connectivity index (χ2v) is 4.35. The van der Waals surface area contributed by atoms with Gasteiger partial charge in [0.05, 0.1) is 18.4 Å². The lowest BCUT2D eigenvalue weighted by Crippen LogP contribution is -2.17. The minimum absolute atomic E-state index is 0.0680. The van der Waals surface area contributed by atoms with Crippen LogP contribution in [0.25, 0.3) is 0 Å². The summed E-state index contributed by atoms with van der Waals surface area (Å²) >= 11 is 0. The van der Waals surface area contributed by atoms with Crippen molar-refractivity contribution in [2.24, 2.45) is 7.05 Å². The zero-order chi connectivity index (χ0) is 10.9. The fourth-order valence-electron chi connectivity index (χ4n) is 1.32. The molecule has 1 rings (SSSR count). The summed E-state index contributed by atoms with van der Waals surface area (Å²) in [4.78, 5) is 0. The molecule has 0 aromatic carbocycles. The van der Waals surface area contributed by atoms with E-state index in [2.05, 4.69) is 25.9 Å². The van der Waals surface area contributed by atoms with E-state index in [1.54, 1.807) is 4.68 Å². The van der Waals surface area contributed by atoms with Gasteiger partial charge in [0.15, 0.2) is 0 Å². The fraction of sp³-hybridized carbons (Fsp3) is 0.600. The Morgan fingerprint density at radius 1 is 1.50 bits per heavy atom. The van der Waals surface area contributed by atoms with E-state index in [9.17, 15) is 0 Å². The van der Waals surface area contributed by atoms with E-state index in [1.165, 1.54) is 7.11 Å². The Kier molecular flexibility index (Phi) is 2.64. The largest absolute Gasteiger partial charge is 0.481 e. The molecule has 4 nitrogen and oxygen atoms in total. The van der Waals surface area contributed by atoms with Gasteiger partial charge in [-0.25, -0.2) is 0 Å². The summed E-state index contributed by atoms with van der Waals surface area (Å²) in [5.74, 6) is 0.169. The molecule has 1 aromatic heterocycles. The molecule has 0 saturated carbocycles. The summed E-state index contributed by atoms with van der Waals surface area (Å²) in [6.45, 7) is 6.21. The van der Waals surface area contributed by atoms with Gasteiger partial charge in [-0.2, -0.15) is 5.10 Å². The Morgan fingerprint density at radius 2 is 2.07 bits per heavy atom. The van der Waals surface area contributed by atoms with Gasteiger partial charge in [-0.15, -0.1) is 0 Å². The molecular weight excluding hydrogens is 178 g/mol. The van der Waals surface area contributed by atoms with Gasteiger partial charge >= 0.3 is 0 Å². The lowest BCUT2D eigenvalue weighted by molar-refractivity contribution is 0.399. The van der Waals surface area contributed by atoms with Gasteiger partial charge in [0.1, 0.15) is 0 Å². The quantitative estimate of drug-likeness (QED) is 0.547. The second kappa shape index (κ2) is 3.44.